The van der Waals surface area contributed by atoms with E-state index >= 15 is 0 Å². The summed E-state index contributed by atoms with van der Waals surface area (Å²) >= 11 is 14.9. The third-order valence-corrected chi connectivity index (χ3v) is 5.85. The third-order valence-electron chi connectivity index (χ3n) is 4.65. The van der Waals surface area contributed by atoms with E-state index in [1.165, 1.54) is 18.1 Å². The lowest BCUT2D eigenvalue weighted by Crippen LogP contribution is -2.54. The number of nitrogens with zero attached hydrogens (tertiary/aromatic N) is 1. The highest BCUT2D eigenvalue weighted by molar-refractivity contribution is 9.10. The molecule has 1 aliphatic rings. The lowest BCUT2D eigenvalue weighted by molar-refractivity contribution is -0.122. The number of ether oxygens (including phenoxy) is 2. The number of thiocarbonyl (C=S) groups is 1. The molecular weight excluding hydrogens is 504 g/mol. The largest absolute Gasteiger partial charge is 0.493 e. The molecule has 2 aromatic rings. The standard InChI is InChI=1S/C22H20BrClN2O4S/c1-4-12(2)30-19-15(23)10-13(11-18(19)29-3)9-14-20(27)25-22(31)26(21(14)28)17-8-6-5-7-16(17)24/h5-12H,4H2,1-3H3,(H,25,27,31)/b14-9+/t12-/m1/s1. The average molecular weight is 524 g/mol. The highest BCUT2D eigenvalue weighted by atomic mass is 79.9. The minimum atomic E-state index is -0.590. The fourth-order valence-corrected chi connectivity index (χ4v) is 3.95. The number of benzene rings is 2. The van der Waals surface area contributed by atoms with Crippen LogP contribution < -0.4 is 19.7 Å². The van der Waals surface area contributed by atoms with Crippen LogP contribution in [0.5, 0.6) is 11.5 Å². The Morgan fingerprint density at radius 1 is 1.29 bits per heavy atom. The molecule has 1 atom stereocenters. The molecule has 0 radical (unpaired) electrons. The molecule has 1 aliphatic heterocycles. The summed E-state index contributed by atoms with van der Waals surface area (Å²) in [6.45, 7) is 3.98. The van der Waals surface area contributed by atoms with E-state index in [1.54, 1.807) is 36.4 Å². The zero-order valence-electron chi connectivity index (χ0n) is 17.1. The Balaban J connectivity index is 2.03. The fraction of sp³-hybridized carbons (Fsp3) is 0.227. The van der Waals surface area contributed by atoms with Crippen molar-refractivity contribution in [2.45, 2.75) is 26.4 Å². The van der Waals surface area contributed by atoms with E-state index < -0.39 is 11.8 Å². The maximum absolute atomic E-state index is 13.2. The second kappa shape index (κ2) is 9.80. The van der Waals surface area contributed by atoms with Gasteiger partial charge in [0.2, 0.25) is 0 Å². The van der Waals surface area contributed by atoms with E-state index in [0.717, 1.165) is 6.42 Å². The average Bonchev–Trinajstić information content (AvgIpc) is 2.73. The predicted octanol–water partition coefficient (Wildman–Crippen LogP) is 5.12. The number of nitrogens with one attached hydrogen (secondary N) is 1. The summed E-state index contributed by atoms with van der Waals surface area (Å²) < 4.78 is 12.0. The minimum absolute atomic E-state index is 0.00899. The zero-order valence-corrected chi connectivity index (χ0v) is 20.2. The van der Waals surface area contributed by atoms with Crippen molar-refractivity contribution in [2.75, 3.05) is 12.0 Å². The third kappa shape index (κ3) is 4.92. The van der Waals surface area contributed by atoms with Gasteiger partial charge in [-0.05, 0) is 77.4 Å². The van der Waals surface area contributed by atoms with Crippen LogP contribution in [0.2, 0.25) is 5.02 Å². The van der Waals surface area contributed by atoms with E-state index in [-0.39, 0.29) is 16.8 Å². The summed E-state index contributed by atoms with van der Waals surface area (Å²) in [5.74, 6) is -0.133. The van der Waals surface area contributed by atoms with Gasteiger partial charge in [-0.2, -0.15) is 0 Å². The zero-order chi connectivity index (χ0) is 22.7. The molecule has 0 unspecified atom stereocenters. The Hall–Kier alpha value is -2.42. The first-order valence-corrected chi connectivity index (χ1v) is 11.0. The summed E-state index contributed by atoms with van der Waals surface area (Å²) in [7, 11) is 1.53. The molecule has 1 N–H and O–H groups in total. The second-order valence-corrected chi connectivity index (χ2v) is 8.43. The molecule has 0 spiro atoms. The van der Waals surface area contributed by atoms with Gasteiger partial charge in [0.05, 0.1) is 28.4 Å². The van der Waals surface area contributed by atoms with Gasteiger partial charge in [0.25, 0.3) is 11.8 Å². The Kier molecular flexibility index (Phi) is 7.35. The van der Waals surface area contributed by atoms with E-state index in [9.17, 15) is 9.59 Å². The topological polar surface area (TPSA) is 67.9 Å². The summed E-state index contributed by atoms with van der Waals surface area (Å²) in [6.07, 6.45) is 2.29. The number of anilines is 1. The lowest BCUT2D eigenvalue weighted by Gasteiger charge is -2.29. The van der Waals surface area contributed by atoms with E-state index in [2.05, 4.69) is 21.2 Å². The maximum atomic E-state index is 13.2. The monoisotopic (exact) mass is 522 g/mol. The molecule has 9 heteroatoms. The maximum Gasteiger partial charge on any atom is 0.270 e. The predicted molar refractivity (Wildman–Crippen MR) is 129 cm³/mol. The molecule has 0 saturated carbocycles. The van der Waals surface area contributed by atoms with E-state index in [4.69, 9.17) is 33.3 Å². The van der Waals surface area contributed by atoms with Crippen molar-refractivity contribution in [3.8, 4) is 11.5 Å². The first-order chi connectivity index (χ1) is 14.8. The van der Waals surface area contributed by atoms with Gasteiger partial charge in [0.15, 0.2) is 16.6 Å². The van der Waals surface area contributed by atoms with Crippen molar-refractivity contribution >= 4 is 68.4 Å². The van der Waals surface area contributed by atoms with Crippen LogP contribution in [-0.4, -0.2) is 30.1 Å². The van der Waals surface area contributed by atoms with Crippen molar-refractivity contribution in [3.63, 3.8) is 0 Å². The lowest BCUT2D eigenvalue weighted by atomic mass is 10.1. The van der Waals surface area contributed by atoms with Crippen molar-refractivity contribution in [1.29, 1.82) is 0 Å². The Morgan fingerprint density at radius 3 is 2.65 bits per heavy atom. The number of para-hydroxylation sites is 1. The minimum Gasteiger partial charge on any atom is -0.493 e. The Bertz CT molecular complexity index is 1090. The smallest absolute Gasteiger partial charge is 0.270 e. The molecule has 0 aliphatic carbocycles. The molecule has 1 heterocycles. The summed E-state index contributed by atoms with van der Waals surface area (Å²) in [5, 5.41) is 2.85. The quantitative estimate of drug-likeness (QED) is 0.323. The van der Waals surface area contributed by atoms with Crippen molar-refractivity contribution in [2.24, 2.45) is 0 Å². The number of carbonyl (C=O) groups is 2. The fourth-order valence-electron chi connectivity index (χ4n) is 2.90. The van der Waals surface area contributed by atoms with Crippen LogP contribution in [0.3, 0.4) is 0 Å². The number of rotatable bonds is 6. The van der Waals surface area contributed by atoms with Gasteiger partial charge in [-0.1, -0.05) is 30.7 Å². The first kappa shape index (κ1) is 23.2. The van der Waals surface area contributed by atoms with Crippen LogP contribution in [0.4, 0.5) is 5.69 Å². The van der Waals surface area contributed by atoms with Crippen LogP contribution in [0.1, 0.15) is 25.8 Å². The van der Waals surface area contributed by atoms with Gasteiger partial charge in [-0.15, -0.1) is 0 Å². The number of amides is 2. The molecule has 0 aromatic heterocycles. The Labute approximate surface area is 199 Å². The SMILES string of the molecule is CC[C@@H](C)Oc1c(Br)cc(/C=C2\C(=O)NC(=S)N(c3ccccc3Cl)C2=O)cc1OC. The first-order valence-electron chi connectivity index (χ1n) is 9.47. The molecular formula is C22H20BrClN2O4S. The van der Waals surface area contributed by atoms with E-state index in [1.807, 2.05) is 13.8 Å². The van der Waals surface area contributed by atoms with Gasteiger partial charge < -0.3 is 9.47 Å². The van der Waals surface area contributed by atoms with Gasteiger partial charge in [-0.25, -0.2) is 0 Å². The van der Waals surface area contributed by atoms with Gasteiger partial charge in [-0.3, -0.25) is 19.8 Å². The summed E-state index contributed by atoms with van der Waals surface area (Å²) in [5.41, 5.74) is 0.879. The molecule has 1 fully saturated rings. The highest BCUT2D eigenvalue weighted by Gasteiger charge is 2.35. The molecule has 31 heavy (non-hydrogen) atoms. The van der Waals surface area contributed by atoms with Gasteiger partial charge >= 0.3 is 0 Å². The number of hydrogen-bond acceptors (Lipinski definition) is 5. The highest BCUT2D eigenvalue weighted by Crippen LogP contribution is 2.38. The van der Waals surface area contributed by atoms with Crippen LogP contribution in [0.15, 0.2) is 46.4 Å². The molecule has 6 nitrogen and oxygen atoms in total. The van der Waals surface area contributed by atoms with Gasteiger partial charge in [0.1, 0.15) is 5.57 Å². The molecule has 1 saturated heterocycles. The van der Waals surface area contributed by atoms with Crippen molar-refractivity contribution in [1.82, 2.24) is 5.32 Å². The summed E-state index contributed by atoms with van der Waals surface area (Å²) in [6, 6.07) is 10.2. The van der Waals surface area contributed by atoms with E-state index in [0.29, 0.717) is 32.2 Å². The number of carbonyl (C=O) groups excluding carboxylic acids is 2. The Morgan fingerprint density at radius 2 is 2.00 bits per heavy atom. The molecule has 2 aromatic carbocycles. The van der Waals surface area contributed by atoms with Crippen molar-refractivity contribution < 1.29 is 19.1 Å². The van der Waals surface area contributed by atoms with Gasteiger partial charge in [0, 0.05) is 0 Å². The van der Waals surface area contributed by atoms with Crippen LogP contribution in [0, 0.1) is 0 Å². The second-order valence-electron chi connectivity index (χ2n) is 6.78. The van der Waals surface area contributed by atoms with Crippen LogP contribution in [-0.2, 0) is 9.59 Å². The molecule has 3 rings (SSSR count). The number of halogens is 2. The van der Waals surface area contributed by atoms with Crippen molar-refractivity contribution in [3.05, 3.63) is 57.0 Å². The molecule has 2 amide bonds. The molecule has 0 bridgehead atoms. The number of hydrogen-bond donors (Lipinski definition) is 1. The summed E-state index contributed by atoms with van der Waals surface area (Å²) in [4.78, 5) is 26.9. The van der Waals surface area contributed by atoms with Crippen LogP contribution in [0.25, 0.3) is 6.08 Å². The number of methoxy groups -OCH3 is 1. The normalized spacial score (nSPS) is 16.4. The van der Waals surface area contributed by atoms with Crippen LogP contribution >= 0.6 is 39.7 Å². The molecule has 162 valence electrons.